The summed E-state index contributed by atoms with van der Waals surface area (Å²) in [6.45, 7) is 5.75. The minimum atomic E-state index is -1.28. The van der Waals surface area contributed by atoms with Gasteiger partial charge in [0.2, 0.25) is 0 Å². The first-order valence-electron chi connectivity index (χ1n) is 5.18. The van der Waals surface area contributed by atoms with Gasteiger partial charge in [0.15, 0.2) is 6.04 Å². The number of carbonyl (C=O) groups is 2. The molecule has 0 aromatic rings. The lowest BCUT2D eigenvalue weighted by Gasteiger charge is -2.23. The molecule has 0 aliphatic carbocycles. The lowest BCUT2D eigenvalue weighted by Crippen LogP contribution is -2.52. The van der Waals surface area contributed by atoms with E-state index in [0.717, 1.165) is 0 Å². The highest BCUT2D eigenvalue weighted by molar-refractivity contribution is 5.82. The number of aliphatic hydroxyl groups excluding tert-OH is 1. The standard InChI is InChI=1S/C10H20N2O4/c1-6(2)5-12(4)10(16)11-8(7(3)13)9(14)15/h6-8,13H,5H2,1-4H3,(H,11,16)(H,14,15). The molecule has 0 rings (SSSR count). The van der Waals surface area contributed by atoms with Crippen LogP contribution < -0.4 is 5.32 Å². The summed E-state index contributed by atoms with van der Waals surface area (Å²) in [5.74, 6) is -0.952. The molecule has 0 heterocycles. The fourth-order valence-corrected chi connectivity index (χ4v) is 1.26. The van der Waals surface area contributed by atoms with Crippen molar-refractivity contribution in [3.05, 3.63) is 0 Å². The number of carboxylic acid groups (broad SMARTS) is 1. The molecule has 0 aliphatic heterocycles. The molecule has 94 valence electrons. The molecule has 0 aliphatic rings. The lowest BCUT2D eigenvalue weighted by atomic mass is 10.2. The Hall–Kier alpha value is -1.30. The van der Waals surface area contributed by atoms with Crippen LogP contribution in [0.1, 0.15) is 20.8 Å². The number of hydrogen-bond donors (Lipinski definition) is 3. The number of aliphatic hydroxyl groups is 1. The van der Waals surface area contributed by atoms with Crippen LogP contribution in [0.15, 0.2) is 0 Å². The minimum Gasteiger partial charge on any atom is -0.480 e. The van der Waals surface area contributed by atoms with Gasteiger partial charge in [-0.05, 0) is 12.8 Å². The summed E-state index contributed by atoms with van der Waals surface area (Å²) in [5, 5.41) is 20.2. The SMILES string of the molecule is CC(C)CN(C)C(=O)NC(C(=O)O)C(C)O. The van der Waals surface area contributed by atoms with Gasteiger partial charge in [-0.3, -0.25) is 0 Å². The second-order valence-electron chi connectivity index (χ2n) is 4.28. The molecular formula is C10H20N2O4. The number of carbonyl (C=O) groups excluding carboxylic acids is 1. The smallest absolute Gasteiger partial charge is 0.328 e. The van der Waals surface area contributed by atoms with E-state index >= 15 is 0 Å². The third-order valence-electron chi connectivity index (χ3n) is 2.01. The van der Waals surface area contributed by atoms with Crippen molar-refractivity contribution in [3.8, 4) is 0 Å². The van der Waals surface area contributed by atoms with Gasteiger partial charge < -0.3 is 20.4 Å². The van der Waals surface area contributed by atoms with Gasteiger partial charge >= 0.3 is 12.0 Å². The largest absolute Gasteiger partial charge is 0.480 e. The van der Waals surface area contributed by atoms with Crippen molar-refractivity contribution in [2.75, 3.05) is 13.6 Å². The van der Waals surface area contributed by atoms with E-state index < -0.39 is 24.1 Å². The van der Waals surface area contributed by atoms with Crippen molar-refractivity contribution in [3.63, 3.8) is 0 Å². The highest BCUT2D eigenvalue weighted by Crippen LogP contribution is 1.99. The molecule has 0 saturated heterocycles. The first-order valence-corrected chi connectivity index (χ1v) is 5.18. The number of amides is 2. The predicted octanol–water partition coefficient (Wildman–Crippen LogP) is 0.118. The Kier molecular flexibility index (Phi) is 5.81. The fraction of sp³-hybridized carbons (Fsp3) is 0.800. The van der Waals surface area contributed by atoms with Crippen molar-refractivity contribution in [2.24, 2.45) is 5.92 Å². The van der Waals surface area contributed by atoms with Gasteiger partial charge in [0.25, 0.3) is 0 Å². The molecule has 16 heavy (non-hydrogen) atoms. The third-order valence-corrected chi connectivity index (χ3v) is 2.01. The molecule has 6 nitrogen and oxygen atoms in total. The van der Waals surface area contributed by atoms with Crippen molar-refractivity contribution < 1.29 is 19.8 Å². The average molecular weight is 232 g/mol. The molecule has 3 N–H and O–H groups in total. The van der Waals surface area contributed by atoms with E-state index in [1.807, 2.05) is 13.8 Å². The van der Waals surface area contributed by atoms with Gasteiger partial charge in [-0.25, -0.2) is 9.59 Å². The van der Waals surface area contributed by atoms with Crippen LogP contribution in [0.5, 0.6) is 0 Å². The van der Waals surface area contributed by atoms with Gasteiger partial charge in [-0.2, -0.15) is 0 Å². The maximum atomic E-state index is 11.5. The summed E-state index contributed by atoms with van der Waals surface area (Å²) in [4.78, 5) is 23.7. The van der Waals surface area contributed by atoms with E-state index in [9.17, 15) is 14.7 Å². The van der Waals surface area contributed by atoms with Crippen molar-refractivity contribution in [2.45, 2.75) is 32.9 Å². The first-order chi connectivity index (χ1) is 7.25. The number of nitrogens with one attached hydrogen (secondary N) is 1. The zero-order valence-corrected chi connectivity index (χ0v) is 10.1. The van der Waals surface area contributed by atoms with Crippen molar-refractivity contribution in [1.29, 1.82) is 0 Å². The topological polar surface area (TPSA) is 89.9 Å². The van der Waals surface area contributed by atoms with Gasteiger partial charge in [0.1, 0.15) is 0 Å². The Balaban J connectivity index is 4.35. The summed E-state index contributed by atoms with van der Waals surface area (Å²) >= 11 is 0. The summed E-state index contributed by atoms with van der Waals surface area (Å²) < 4.78 is 0. The molecule has 0 fully saturated rings. The molecule has 2 amide bonds. The first kappa shape index (κ1) is 14.7. The van der Waals surface area contributed by atoms with Crippen LogP contribution in [0.2, 0.25) is 0 Å². The fourth-order valence-electron chi connectivity index (χ4n) is 1.26. The van der Waals surface area contributed by atoms with Gasteiger partial charge in [0, 0.05) is 13.6 Å². The van der Waals surface area contributed by atoms with E-state index in [4.69, 9.17) is 5.11 Å². The highest BCUT2D eigenvalue weighted by atomic mass is 16.4. The molecule has 0 radical (unpaired) electrons. The van der Waals surface area contributed by atoms with Crippen LogP contribution in [0.4, 0.5) is 4.79 Å². The number of nitrogens with zero attached hydrogens (tertiary/aromatic N) is 1. The summed E-state index contributed by atoms with van der Waals surface area (Å²) in [6.07, 6.45) is -1.13. The summed E-state index contributed by atoms with van der Waals surface area (Å²) in [7, 11) is 1.58. The maximum Gasteiger partial charge on any atom is 0.328 e. The number of carboxylic acids is 1. The Morgan fingerprint density at radius 2 is 1.81 bits per heavy atom. The molecule has 0 aromatic carbocycles. The van der Waals surface area contributed by atoms with Crippen LogP contribution in [0, 0.1) is 5.92 Å². The normalized spacial score (nSPS) is 14.4. The molecule has 0 bridgehead atoms. The van der Waals surface area contributed by atoms with Crippen LogP contribution >= 0.6 is 0 Å². The second kappa shape index (κ2) is 6.32. The van der Waals surface area contributed by atoms with Gasteiger partial charge in [0.05, 0.1) is 6.10 Å². The number of aliphatic carboxylic acids is 1. The Morgan fingerprint density at radius 3 is 2.12 bits per heavy atom. The Bertz CT molecular complexity index is 253. The Morgan fingerprint density at radius 1 is 1.31 bits per heavy atom. The van der Waals surface area contributed by atoms with Crippen LogP contribution in [0.25, 0.3) is 0 Å². The third kappa shape index (κ3) is 4.97. The van der Waals surface area contributed by atoms with E-state index in [1.54, 1.807) is 7.05 Å². The highest BCUT2D eigenvalue weighted by Gasteiger charge is 2.26. The zero-order valence-electron chi connectivity index (χ0n) is 10.1. The molecule has 2 unspecified atom stereocenters. The van der Waals surface area contributed by atoms with Gasteiger partial charge in [-0.15, -0.1) is 0 Å². The van der Waals surface area contributed by atoms with Crippen LogP contribution in [-0.2, 0) is 4.79 Å². The maximum absolute atomic E-state index is 11.5. The van der Waals surface area contributed by atoms with E-state index in [2.05, 4.69) is 5.32 Å². The van der Waals surface area contributed by atoms with Crippen molar-refractivity contribution >= 4 is 12.0 Å². The number of hydrogen-bond acceptors (Lipinski definition) is 3. The minimum absolute atomic E-state index is 0.297. The molecule has 2 atom stereocenters. The monoisotopic (exact) mass is 232 g/mol. The average Bonchev–Trinajstić information content (AvgIpc) is 2.11. The molecule has 0 spiro atoms. The predicted molar refractivity (Wildman–Crippen MR) is 59.1 cm³/mol. The quantitative estimate of drug-likeness (QED) is 0.628. The number of rotatable bonds is 5. The molecule has 0 aromatic heterocycles. The molecule has 6 heteroatoms. The van der Waals surface area contributed by atoms with Crippen LogP contribution in [-0.4, -0.2) is 52.9 Å². The summed E-state index contributed by atoms with van der Waals surface area (Å²) in [6, 6.07) is -1.77. The molecule has 0 saturated carbocycles. The second-order valence-corrected chi connectivity index (χ2v) is 4.28. The molecular weight excluding hydrogens is 212 g/mol. The Labute approximate surface area is 95.2 Å². The van der Waals surface area contributed by atoms with E-state index in [-0.39, 0.29) is 0 Å². The summed E-state index contributed by atoms with van der Waals surface area (Å²) in [5.41, 5.74) is 0. The van der Waals surface area contributed by atoms with Gasteiger partial charge in [-0.1, -0.05) is 13.8 Å². The van der Waals surface area contributed by atoms with Crippen LogP contribution in [0.3, 0.4) is 0 Å². The van der Waals surface area contributed by atoms with Crippen molar-refractivity contribution in [1.82, 2.24) is 10.2 Å². The lowest BCUT2D eigenvalue weighted by molar-refractivity contribution is -0.141. The number of urea groups is 1. The van der Waals surface area contributed by atoms with E-state index in [1.165, 1.54) is 11.8 Å². The van der Waals surface area contributed by atoms with E-state index in [0.29, 0.717) is 12.5 Å². The zero-order chi connectivity index (χ0) is 12.9.